The monoisotopic (exact) mass is 505 g/mol. The van der Waals surface area contributed by atoms with Crippen LogP contribution in [0.2, 0.25) is 0 Å². The number of nitrogens with one attached hydrogen (secondary N) is 1. The van der Waals surface area contributed by atoms with Crippen LogP contribution in [0.4, 0.5) is 5.69 Å². The van der Waals surface area contributed by atoms with Crippen molar-refractivity contribution in [3.05, 3.63) is 83.4 Å². The average Bonchev–Trinajstić information content (AvgIpc) is 2.81. The lowest BCUT2D eigenvalue weighted by Gasteiger charge is -2.21. The Bertz CT molecular complexity index is 1220. The van der Waals surface area contributed by atoms with Gasteiger partial charge in [-0.3, -0.25) is 4.79 Å². The van der Waals surface area contributed by atoms with Gasteiger partial charge in [0.05, 0.1) is 12.1 Å². The molecule has 0 aromatic heterocycles. The Hall–Kier alpha value is -3.33. The zero-order chi connectivity index (χ0) is 26.3. The molecule has 0 spiro atoms. The molecule has 0 heterocycles. The maximum atomic E-state index is 13.0. The van der Waals surface area contributed by atoms with Gasteiger partial charge in [-0.05, 0) is 35.7 Å². The van der Waals surface area contributed by atoms with E-state index < -0.39 is 0 Å². The number of anilines is 1. The van der Waals surface area contributed by atoms with Crippen molar-refractivity contribution in [3.8, 4) is 11.1 Å². The third-order valence-corrected chi connectivity index (χ3v) is 6.35. The molecule has 0 aliphatic heterocycles. The van der Waals surface area contributed by atoms with Gasteiger partial charge >= 0.3 is 0 Å². The minimum atomic E-state index is -0.0699. The fourth-order valence-electron chi connectivity index (χ4n) is 3.61. The van der Waals surface area contributed by atoms with Crippen LogP contribution in [0.15, 0.2) is 76.7 Å². The number of nitrogens with two attached hydrogens (primary N) is 2. The van der Waals surface area contributed by atoms with Crippen molar-refractivity contribution in [1.82, 2.24) is 5.12 Å². The molecule has 0 radical (unpaired) electrons. The Morgan fingerprint density at radius 1 is 1.08 bits per heavy atom. The van der Waals surface area contributed by atoms with Gasteiger partial charge in [0, 0.05) is 22.3 Å². The second-order valence-electron chi connectivity index (χ2n) is 9.52. The number of amidine groups is 1. The number of ether oxygens (including phenoxy) is 1. The number of hydrogen-bond donors (Lipinski definition) is 3. The first-order valence-corrected chi connectivity index (χ1v) is 12.5. The van der Waals surface area contributed by atoms with Crippen LogP contribution >= 0.6 is 11.8 Å². The van der Waals surface area contributed by atoms with Crippen LogP contribution < -0.4 is 16.9 Å². The zero-order valence-corrected chi connectivity index (χ0v) is 22.4. The van der Waals surface area contributed by atoms with E-state index in [1.54, 1.807) is 11.8 Å². The molecule has 0 fully saturated rings. The van der Waals surface area contributed by atoms with Crippen LogP contribution in [-0.4, -0.2) is 35.4 Å². The molecular weight excluding hydrogens is 470 g/mol. The molecular formula is C28H35N5O2S. The fraction of sp³-hybridized carbons (Fsp3) is 0.286. The summed E-state index contributed by atoms with van der Waals surface area (Å²) in [5.41, 5.74) is 11.7. The number of aryl methyl sites for hydroxylation is 1. The number of carbonyl (C=O) groups is 1. The summed E-state index contributed by atoms with van der Waals surface area (Å²) in [6.45, 7) is 8.58. The maximum Gasteiger partial charge on any atom is 0.228 e. The van der Waals surface area contributed by atoms with Gasteiger partial charge in [0.2, 0.25) is 5.91 Å². The number of carbonyl (C=O) groups excluding carboxylic acids is 1. The van der Waals surface area contributed by atoms with E-state index in [4.69, 9.17) is 16.3 Å². The highest BCUT2D eigenvalue weighted by atomic mass is 32.2. The smallest absolute Gasteiger partial charge is 0.228 e. The van der Waals surface area contributed by atoms with E-state index in [-0.39, 0.29) is 23.2 Å². The molecule has 3 aromatic rings. The van der Waals surface area contributed by atoms with E-state index in [1.807, 2.05) is 73.7 Å². The predicted molar refractivity (Wildman–Crippen MR) is 150 cm³/mol. The van der Waals surface area contributed by atoms with Gasteiger partial charge in [-0.25, -0.2) is 11.0 Å². The first-order chi connectivity index (χ1) is 17.1. The van der Waals surface area contributed by atoms with Gasteiger partial charge in [-0.1, -0.05) is 80.9 Å². The van der Waals surface area contributed by atoms with Crippen LogP contribution in [-0.2, 0) is 16.0 Å². The van der Waals surface area contributed by atoms with Gasteiger partial charge in [0.1, 0.15) is 0 Å². The number of methoxy groups -OCH3 is 1. The van der Waals surface area contributed by atoms with Gasteiger partial charge in [0.25, 0.3) is 0 Å². The highest BCUT2D eigenvalue weighted by molar-refractivity contribution is 8.00. The number of hydrazine groups is 1. The summed E-state index contributed by atoms with van der Waals surface area (Å²) in [5, 5.41) is 8.50. The lowest BCUT2D eigenvalue weighted by molar-refractivity contribution is -0.115. The van der Waals surface area contributed by atoms with Crippen molar-refractivity contribution in [2.75, 3.05) is 19.2 Å². The Morgan fingerprint density at radius 3 is 2.44 bits per heavy atom. The molecule has 0 atom stereocenters. The van der Waals surface area contributed by atoms with Crippen molar-refractivity contribution >= 4 is 29.2 Å². The number of benzene rings is 3. The van der Waals surface area contributed by atoms with Crippen molar-refractivity contribution in [2.24, 2.45) is 16.7 Å². The SMILES string of the molecule is COCN(N)/N=C(\N)c1ccccc1-c1ccc(SC(C)(C)C)c(NC(=O)Cc2ccc(C)cc2)c1. The van der Waals surface area contributed by atoms with Crippen molar-refractivity contribution in [3.63, 3.8) is 0 Å². The average molecular weight is 506 g/mol. The number of hydrogen-bond acceptors (Lipinski definition) is 6. The topological polar surface area (TPSA) is 106 Å². The lowest BCUT2D eigenvalue weighted by atomic mass is 9.98. The van der Waals surface area contributed by atoms with Crippen molar-refractivity contribution in [1.29, 1.82) is 0 Å². The largest absolute Gasteiger partial charge is 0.382 e. The quantitative estimate of drug-likeness (QED) is 0.0929. The molecule has 8 heteroatoms. The highest BCUT2D eigenvalue weighted by Crippen LogP contribution is 2.39. The minimum Gasteiger partial charge on any atom is -0.382 e. The van der Waals surface area contributed by atoms with E-state index in [0.717, 1.165) is 43.5 Å². The summed E-state index contributed by atoms with van der Waals surface area (Å²) in [6.07, 6.45) is 0.298. The Kier molecular flexibility index (Phi) is 9.14. The number of nitrogens with zero attached hydrogens (tertiary/aromatic N) is 2. The third-order valence-electron chi connectivity index (χ3n) is 5.17. The first-order valence-electron chi connectivity index (χ1n) is 11.7. The molecule has 0 aliphatic carbocycles. The van der Waals surface area contributed by atoms with E-state index in [9.17, 15) is 4.79 Å². The second-order valence-corrected chi connectivity index (χ2v) is 11.4. The minimum absolute atomic E-state index is 0.0289. The second kappa shape index (κ2) is 12.1. The third kappa shape index (κ3) is 7.84. The molecule has 7 nitrogen and oxygen atoms in total. The Labute approximate surface area is 217 Å². The van der Waals surface area contributed by atoms with Gasteiger partial charge in [0.15, 0.2) is 12.6 Å². The Balaban J connectivity index is 1.97. The highest BCUT2D eigenvalue weighted by Gasteiger charge is 2.18. The normalized spacial score (nSPS) is 11.9. The molecule has 1 amide bonds. The summed E-state index contributed by atoms with van der Waals surface area (Å²) >= 11 is 1.71. The molecule has 0 unspecified atom stereocenters. The van der Waals surface area contributed by atoms with Crippen LogP contribution in [0.3, 0.4) is 0 Å². The number of amides is 1. The number of rotatable bonds is 9. The van der Waals surface area contributed by atoms with Gasteiger partial charge < -0.3 is 15.8 Å². The lowest BCUT2D eigenvalue weighted by Crippen LogP contribution is -2.31. The summed E-state index contributed by atoms with van der Waals surface area (Å²) < 4.78 is 4.98. The van der Waals surface area contributed by atoms with E-state index in [0.29, 0.717) is 6.42 Å². The molecule has 0 bridgehead atoms. The first kappa shape index (κ1) is 27.3. The van der Waals surface area contributed by atoms with Crippen LogP contribution in [0.5, 0.6) is 0 Å². The molecule has 5 N–H and O–H groups in total. The maximum absolute atomic E-state index is 13.0. The molecule has 0 saturated carbocycles. The van der Waals surface area contributed by atoms with Crippen molar-refractivity contribution in [2.45, 2.75) is 43.8 Å². The Morgan fingerprint density at radius 2 is 1.78 bits per heavy atom. The summed E-state index contributed by atoms with van der Waals surface area (Å²) in [5.74, 6) is 6.03. The molecule has 3 aromatic carbocycles. The van der Waals surface area contributed by atoms with E-state index in [1.165, 1.54) is 7.11 Å². The summed E-state index contributed by atoms with van der Waals surface area (Å²) in [6, 6.07) is 21.8. The molecule has 190 valence electrons. The standard InChI is InChI=1S/C28H35N5O2S/c1-19-10-12-20(13-11-19)16-26(34)31-24-17-21(14-15-25(24)36-28(2,3)4)22-8-6-7-9-23(22)27(29)32-33(30)18-35-5/h6-15,17H,16,18,30H2,1-5H3,(H2,29,32)(H,31,34). The summed E-state index contributed by atoms with van der Waals surface area (Å²) in [4.78, 5) is 14.0. The van der Waals surface area contributed by atoms with Crippen molar-refractivity contribution < 1.29 is 9.53 Å². The number of thioether (sulfide) groups is 1. The fourth-order valence-corrected chi connectivity index (χ4v) is 4.63. The van der Waals surface area contributed by atoms with Crippen LogP contribution in [0.25, 0.3) is 11.1 Å². The van der Waals surface area contributed by atoms with Crippen LogP contribution in [0, 0.1) is 6.92 Å². The number of hydrazone groups is 1. The molecule has 0 saturated heterocycles. The van der Waals surface area contributed by atoms with E-state index >= 15 is 0 Å². The predicted octanol–water partition coefficient (Wildman–Crippen LogP) is 5.13. The van der Waals surface area contributed by atoms with Gasteiger partial charge in [-0.15, -0.1) is 16.9 Å². The molecule has 3 rings (SSSR count). The molecule has 36 heavy (non-hydrogen) atoms. The van der Waals surface area contributed by atoms with E-state index in [2.05, 4.69) is 31.2 Å². The molecule has 0 aliphatic rings. The van der Waals surface area contributed by atoms with Gasteiger partial charge in [-0.2, -0.15) is 0 Å². The zero-order valence-electron chi connectivity index (χ0n) is 21.5. The van der Waals surface area contributed by atoms with Crippen LogP contribution in [0.1, 0.15) is 37.5 Å². The summed E-state index contributed by atoms with van der Waals surface area (Å²) in [7, 11) is 1.53.